The fourth-order valence-corrected chi connectivity index (χ4v) is 4.13. The summed E-state index contributed by atoms with van der Waals surface area (Å²) in [7, 11) is 0. The molecule has 0 fully saturated rings. The zero-order valence-electron chi connectivity index (χ0n) is 24.3. The van der Waals surface area contributed by atoms with Gasteiger partial charge in [0.15, 0.2) is 0 Å². The van der Waals surface area contributed by atoms with Crippen LogP contribution in [0.25, 0.3) is 22.9 Å². The summed E-state index contributed by atoms with van der Waals surface area (Å²) in [4.78, 5) is 25.3. The summed E-state index contributed by atoms with van der Waals surface area (Å²) in [6.07, 6.45) is -6.85. The van der Waals surface area contributed by atoms with Crippen LogP contribution >= 0.6 is 15.9 Å². The molecule has 0 aliphatic rings. The van der Waals surface area contributed by atoms with E-state index in [1.807, 2.05) is 6.07 Å². The zero-order valence-corrected chi connectivity index (χ0v) is 25.9. The summed E-state index contributed by atoms with van der Waals surface area (Å²) in [5.41, 5.74) is 0.188. The summed E-state index contributed by atoms with van der Waals surface area (Å²) >= 11 is 3.17. The maximum absolute atomic E-state index is 13.6. The van der Waals surface area contributed by atoms with Crippen LogP contribution < -0.4 is 11.1 Å². The Morgan fingerprint density at radius 3 is 1.62 bits per heavy atom. The number of rotatable bonds is 5. The quantitative estimate of drug-likeness (QED) is 0.138. The average Bonchev–Trinajstić information content (AvgIpc) is 3.76. The highest BCUT2D eigenvalue weighted by atomic mass is 79.9. The van der Waals surface area contributed by atoms with Crippen LogP contribution in [0, 0.1) is 11.6 Å². The van der Waals surface area contributed by atoms with E-state index >= 15 is 0 Å². The minimum absolute atomic E-state index is 0. The van der Waals surface area contributed by atoms with Crippen LogP contribution in [0.4, 0.5) is 35.1 Å². The molecule has 0 unspecified atom stereocenters. The molecule has 6 rings (SSSR count). The van der Waals surface area contributed by atoms with Gasteiger partial charge in [0.05, 0.1) is 6.54 Å². The van der Waals surface area contributed by atoms with Gasteiger partial charge in [0.2, 0.25) is 17.3 Å². The van der Waals surface area contributed by atoms with Crippen LogP contribution in [0.3, 0.4) is 0 Å². The lowest BCUT2D eigenvalue weighted by atomic mass is 10.2. The predicted molar refractivity (Wildman–Crippen MR) is 166 cm³/mol. The summed E-state index contributed by atoms with van der Waals surface area (Å²) < 4.78 is 110. The van der Waals surface area contributed by atoms with Crippen LogP contribution in [0.2, 0.25) is 0 Å². The highest BCUT2D eigenvalue weighted by Gasteiger charge is 2.39. The number of pyridine rings is 2. The summed E-state index contributed by atoms with van der Waals surface area (Å²) in [6, 6.07) is 17.5. The number of aromatic amines is 1. The second kappa shape index (κ2) is 16.8. The molecule has 0 saturated heterocycles. The van der Waals surface area contributed by atoms with E-state index in [4.69, 9.17) is 0 Å². The summed E-state index contributed by atoms with van der Waals surface area (Å²) in [5.74, 6) is -4.30. The third kappa shape index (κ3) is 10.5. The molecule has 10 nitrogen and oxygen atoms in total. The largest absolute Gasteiger partial charge is 0.470 e. The molecule has 2 aromatic carbocycles. The Balaban J connectivity index is 0.000000224. The number of aromatic nitrogens is 6. The minimum atomic E-state index is -4.76. The second-order valence-electron chi connectivity index (χ2n) is 9.46. The number of hydrogen-bond donors (Lipinski definition) is 1. The zero-order chi connectivity index (χ0) is 35.8. The van der Waals surface area contributed by atoms with Gasteiger partial charge in [0, 0.05) is 46.5 Å². The SMILES string of the molecule is C.Fc1ccccc1CBr.O=c1cc(-c2nnc(C(F)(F)F)o2)cc[nH]1.O=c1cc(-c2nnc(C(F)(F)F)o2)ccn1Cc1ccccc1F. The Morgan fingerprint density at radius 2 is 1.20 bits per heavy atom. The van der Waals surface area contributed by atoms with E-state index in [1.165, 1.54) is 53.4 Å². The Kier molecular flexibility index (Phi) is 13.1. The molecule has 19 heteroatoms. The highest BCUT2D eigenvalue weighted by molar-refractivity contribution is 9.08. The maximum Gasteiger partial charge on any atom is 0.470 e. The van der Waals surface area contributed by atoms with Gasteiger partial charge >= 0.3 is 24.1 Å². The van der Waals surface area contributed by atoms with Crippen LogP contribution in [-0.4, -0.2) is 29.9 Å². The molecule has 0 spiro atoms. The third-order valence-electron chi connectivity index (χ3n) is 6.00. The molecule has 1 N–H and O–H groups in total. The van der Waals surface area contributed by atoms with Crippen LogP contribution in [0.15, 0.2) is 104 Å². The first kappa shape index (κ1) is 39.0. The third-order valence-corrected chi connectivity index (χ3v) is 6.60. The molecule has 0 aliphatic heterocycles. The van der Waals surface area contributed by atoms with Crippen molar-refractivity contribution in [3.63, 3.8) is 0 Å². The van der Waals surface area contributed by atoms with Gasteiger partial charge < -0.3 is 18.4 Å². The van der Waals surface area contributed by atoms with Gasteiger partial charge in [-0.2, -0.15) is 26.3 Å². The lowest BCUT2D eigenvalue weighted by molar-refractivity contribution is -0.157. The Labute approximate surface area is 284 Å². The molecule has 50 heavy (non-hydrogen) atoms. The number of alkyl halides is 7. The molecule has 0 aliphatic carbocycles. The maximum atomic E-state index is 13.6. The summed E-state index contributed by atoms with van der Waals surface area (Å²) in [5, 5.41) is 12.8. The van der Waals surface area contributed by atoms with Gasteiger partial charge in [-0.05, 0) is 29.8 Å². The first-order chi connectivity index (χ1) is 23.2. The van der Waals surface area contributed by atoms with Crippen molar-refractivity contribution in [1.29, 1.82) is 0 Å². The first-order valence-electron chi connectivity index (χ1n) is 13.4. The van der Waals surface area contributed by atoms with E-state index in [0.717, 1.165) is 12.1 Å². The Hall–Kier alpha value is -5.46. The summed E-state index contributed by atoms with van der Waals surface area (Å²) in [6.45, 7) is -0.0105. The fraction of sp³-hybridized carbons (Fsp3) is 0.161. The number of halogens is 9. The van der Waals surface area contributed by atoms with Gasteiger partial charge in [-0.1, -0.05) is 59.8 Å². The van der Waals surface area contributed by atoms with Crippen molar-refractivity contribution in [3.8, 4) is 22.9 Å². The van der Waals surface area contributed by atoms with Crippen molar-refractivity contribution in [3.05, 3.63) is 140 Å². The van der Waals surface area contributed by atoms with E-state index in [1.54, 1.807) is 18.2 Å². The van der Waals surface area contributed by atoms with E-state index in [2.05, 4.69) is 50.1 Å². The normalized spacial score (nSPS) is 11.1. The molecule has 0 atom stereocenters. The van der Waals surface area contributed by atoms with Gasteiger partial charge in [-0.15, -0.1) is 20.4 Å². The number of nitrogens with zero attached hydrogens (tertiary/aromatic N) is 5. The molecule has 264 valence electrons. The molecule has 0 amide bonds. The lowest BCUT2D eigenvalue weighted by Gasteiger charge is -2.07. The fourth-order valence-electron chi connectivity index (χ4n) is 3.67. The van der Waals surface area contributed by atoms with Gasteiger partial charge in [-0.25, -0.2) is 8.78 Å². The van der Waals surface area contributed by atoms with Crippen molar-refractivity contribution in [2.24, 2.45) is 0 Å². The molecular formula is C31H23BrF8N6O4. The van der Waals surface area contributed by atoms with E-state index in [0.29, 0.717) is 16.5 Å². The lowest BCUT2D eigenvalue weighted by Crippen LogP contribution is -2.19. The van der Waals surface area contributed by atoms with Gasteiger partial charge in [0.25, 0.3) is 5.56 Å². The van der Waals surface area contributed by atoms with E-state index in [9.17, 15) is 44.7 Å². The smallest absolute Gasteiger partial charge is 0.413 e. The van der Waals surface area contributed by atoms with E-state index in [-0.39, 0.29) is 36.8 Å². The van der Waals surface area contributed by atoms with Gasteiger partial charge in [0.1, 0.15) is 11.6 Å². The molecular weight excluding hydrogens is 752 g/mol. The highest BCUT2D eigenvalue weighted by Crippen LogP contribution is 2.31. The number of nitrogens with one attached hydrogen (secondary N) is 1. The second-order valence-corrected chi connectivity index (χ2v) is 10.0. The standard InChI is InChI=1S/C15H9F4N3O2.C8H4F3N3O2.C7H6BrF.CH4/c16-11-4-2-1-3-10(11)8-22-6-5-9(7-12(22)23)13-20-21-14(24-13)15(17,18)19;9-8(10,11)7-14-13-6(16-7)4-1-2-12-5(15)3-4;8-5-6-3-1-2-4-7(6)9;/h1-7H,8H2;1-3H,(H,12,15);1-4H,5H2;1H4. The number of H-pyrrole nitrogens is 1. The van der Waals surface area contributed by atoms with Crippen molar-refractivity contribution < 1.29 is 44.0 Å². The van der Waals surface area contributed by atoms with Crippen molar-refractivity contribution in [2.75, 3.05) is 0 Å². The molecule has 0 bridgehead atoms. The van der Waals surface area contributed by atoms with E-state index < -0.39 is 47.0 Å². The van der Waals surface area contributed by atoms with Crippen molar-refractivity contribution >= 4 is 15.9 Å². The van der Waals surface area contributed by atoms with Crippen LogP contribution in [-0.2, 0) is 24.2 Å². The number of hydrogen-bond acceptors (Lipinski definition) is 8. The van der Waals surface area contributed by atoms with Crippen molar-refractivity contribution in [1.82, 2.24) is 29.9 Å². The molecule has 4 heterocycles. The monoisotopic (exact) mass is 774 g/mol. The van der Waals surface area contributed by atoms with Crippen LogP contribution in [0.5, 0.6) is 0 Å². The Bertz CT molecular complexity index is 2130. The predicted octanol–water partition coefficient (Wildman–Crippen LogP) is 7.90. The molecule has 6 aromatic rings. The minimum Gasteiger partial charge on any atom is -0.413 e. The van der Waals surface area contributed by atoms with Crippen LogP contribution in [0.1, 0.15) is 30.3 Å². The number of benzene rings is 2. The Morgan fingerprint density at radius 1 is 0.700 bits per heavy atom. The van der Waals surface area contributed by atoms with Crippen molar-refractivity contribution in [2.45, 2.75) is 31.7 Å². The molecule has 0 radical (unpaired) electrons. The molecule has 0 saturated carbocycles. The molecule has 4 aromatic heterocycles. The topological polar surface area (TPSA) is 133 Å². The average molecular weight is 775 g/mol. The first-order valence-corrected chi connectivity index (χ1v) is 14.5. The van der Waals surface area contributed by atoms with Gasteiger partial charge in [-0.3, -0.25) is 9.59 Å².